The monoisotopic (exact) mass is 334 g/mol. The molecule has 1 N–H and O–H groups in total. The maximum absolute atomic E-state index is 12.4. The van der Waals surface area contributed by atoms with E-state index >= 15 is 0 Å². The van der Waals surface area contributed by atoms with Gasteiger partial charge in [0.2, 0.25) is 0 Å². The summed E-state index contributed by atoms with van der Waals surface area (Å²) in [6.07, 6.45) is -4.73. The van der Waals surface area contributed by atoms with E-state index in [9.17, 15) is 22.8 Å². The van der Waals surface area contributed by atoms with Gasteiger partial charge in [-0.05, 0) is 32.4 Å². The molecule has 1 aromatic rings. The van der Waals surface area contributed by atoms with Crippen molar-refractivity contribution in [2.45, 2.75) is 39.1 Å². The molecule has 0 bridgehead atoms. The molecule has 9 heteroatoms. The van der Waals surface area contributed by atoms with E-state index in [4.69, 9.17) is 4.74 Å². The minimum Gasteiger partial charge on any atom is -0.460 e. The predicted molar refractivity (Wildman–Crippen MR) is 73.4 cm³/mol. The smallest absolute Gasteiger partial charge is 0.433 e. The molecule has 1 atom stereocenters. The molecule has 0 aliphatic carbocycles. The van der Waals surface area contributed by atoms with Crippen molar-refractivity contribution in [2.75, 3.05) is 6.61 Å². The second kappa shape index (κ2) is 7.80. The van der Waals surface area contributed by atoms with Gasteiger partial charge in [-0.2, -0.15) is 13.2 Å². The standard InChI is InChI=1S/C14H17F3N2O4/c1-8(2)23-12(20)7-22-13(21)19-9(3)10-4-5-11(18-6-10)14(15,16)17/h4-6,8-9H,7H2,1-3H3,(H,19,21)/t9-/m0/s1. The zero-order valence-electron chi connectivity index (χ0n) is 12.8. The maximum Gasteiger partial charge on any atom is 0.433 e. The Hall–Kier alpha value is -2.32. The van der Waals surface area contributed by atoms with E-state index in [1.165, 1.54) is 13.0 Å². The number of alkyl halides is 3. The number of nitrogens with zero attached hydrogens (tertiary/aromatic N) is 1. The number of pyridine rings is 1. The van der Waals surface area contributed by atoms with Gasteiger partial charge < -0.3 is 14.8 Å². The molecule has 0 saturated carbocycles. The number of hydrogen-bond donors (Lipinski definition) is 1. The molecule has 0 aliphatic heterocycles. The normalized spacial score (nSPS) is 12.7. The molecule has 0 radical (unpaired) electrons. The van der Waals surface area contributed by atoms with Crippen LogP contribution in [0.15, 0.2) is 18.3 Å². The SMILES string of the molecule is CC(C)OC(=O)COC(=O)N[C@@H](C)c1ccc(C(F)(F)F)nc1. The number of carbonyl (C=O) groups excluding carboxylic acids is 2. The fourth-order valence-corrected chi connectivity index (χ4v) is 1.55. The number of ether oxygens (including phenoxy) is 2. The third-order valence-electron chi connectivity index (χ3n) is 2.60. The van der Waals surface area contributed by atoms with Gasteiger partial charge in [0, 0.05) is 6.20 Å². The lowest BCUT2D eigenvalue weighted by Gasteiger charge is -2.15. The Morgan fingerprint density at radius 1 is 1.26 bits per heavy atom. The first kappa shape index (κ1) is 18.7. The number of nitrogens with one attached hydrogen (secondary N) is 1. The lowest BCUT2D eigenvalue weighted by atomic mass is 10.1. The Labute approximate surface area is 131 Å². The van der Waals surface area contributed by atoms with Gasteiger partial charge in [0.05, 0.1) is 12.1 Å². The van der Waals surface area contributed by atoms with E-state index in [2.05, 4.69) is 15.0 Å². The van der Waals surface area contributed by atoms with E-state index in [-0.39, 0.29) is 6.10 Å². The number of halogens is 3. The van der Waals surface area contributed by atoms with Gasteiger partial charge in [-0.3, -0.25) is 4.98 Å². The van der Waals surface area contributed by atoms with Crippen LogP contribution in [0.3, 0.4) is 0 Å². The summed E-state index contributed by atoms with van der Waals surface area (Å²) in [5.74, 6) is -0.695. The summed E-state index contributed by atoms with van der Waals surface area (Å²) < 4.78 is 46.6. The number of rotatable bonds is 5. The van der Waals surface area contributed by atoms with Crippen molar-refractivity contribution in [3.8, 4) is 0 Å². The number of hydrogen-bond acceptors (Lipinski definition) is 5. The molecule has 0 spiro atoms. The average Bonchev–Trinajstić information content (AvgIpc) is 2.43. The van der Waals surface area contributed by atoms with Gasteiger partial charge in [-0.1, -0.05) is 6.07 Å². The number of alkyl carbamates (subject to hydrolysis) is 1. The molecule has 0 saturated heterocycles. The summed E-state index contributed by atoms with van der Waals surface area (Å²) in [5, 5.41) is 2.37. The van der Waals surface area contributed by atoms with Crippen molar-refractivity contribution in [2.24, 2.45) is 0 Å². The number of esters is 1. The van der Waals surface area contributed by atoms with Gasteiger partial charge >= 0.3 is 18.2 Å². The predicted octanol–water partition coefficient (Wildman–Crippen LogP) is 2.84. The molecular formula is C14H17F3N2O4. The third kappa shape index (κ3) is 6.54. The van der Waals surface area contributed by atoms with Crippen LogP contribution in [0.2, 0.25) is 0 Å². The minimum atomic E-state index is -4.52. The lowest BCUT2D eigenvalue weighted by Crippen LogP contribution is -2.30. The average molecular weight is 334 g/mol. The molecule has 0 fully saturated rings. The summed E-state index contributed by atoms with van der Waals surface area (Å²) in [6, 6.07) is 1.38. The fraction of sp³-hybridized carbons (Fsp3) is 0.500. The van der Waals surface area contributed by atoms with Crippen LogP contribution in [0, 0.1) is 0 Å². The van der Waals surface area contributed by atoms with Crippen LogP contribution in [-0.4, -0.2) is 29.8 Å². The van der Waals surface area contributed by atoms with Crippen molar-refractivity contribution in [1.29, 1.82) is 0 Å². The highest BCUT2D eigenvalue weighted by Crippen LogP contribution is 2.27. The van der Waals surface area contributed by atoms with E-state index in [0.29, 0.717) is 5.56 Å². The molecule has 0 aromatic carbocycles. The number of aromatic nitrogens is 1. The number of amides is 1. The lowest BCUT2D eigenvalue weighted by molar-refractivity contribution is -0.150. The quantitative estimate of drug-likeness (QED) is 0.838. The highest BCUT2D eigenvalue weighted by molar-refractivity contribution is 5.75. The molecule has 1 rings (SSSR count). The van der Waals surface area contributed by atoms with Crippen LogP contribution in [0.25, 0.3) is 0 Å². The minimum absolute atomic E-state index is 0.327. The van der Waals surface area contributed by atoms with Gasteiger partial charge in [0.25, 0.3) is 0 Å². The van der Waals surface area contributed by atoms with Crippen molar-refractivity contribution < 1.29 is 32.2 Å². The molecule has 0 aliphatic rings. The molecule has 6 nitrogen and oxygen atoms in total. The Balaban J connectivity index is 2.50. The van der Waals surface area contributed by atoms with Crippen LogP contribution in [0.1, 0.15) is 38.1 Å². The van der Waals surface area contributed by atoms with Gasteiger partial charge in [-0.25, -0.2) is 9.59 Å². The van der Waals surface area contributed by atoms with Gasteiger partial charge in [0.1, 0.15) is 5.69 Å². The maximum atomic E-state index is 12.4. The summed E-state index contributed by atoms with van der Waals surface area (Å²) in [7, 11) is 0. The molecular weight excluding hydrogens is 317 g/mol. The number of carbonyl (C=O) groups is 2. The van der Waals surface area contributed by atoms with Crippen molar-refractivity contribution in [1.82, 2.24) is 10.3 Å². The summed E-state index contributed by atoms with van der Waals surface area (Å²) in [6.45, 7) is 4.29. The largest absolute Gasteiger partial charge is 0.460 e. The first-order valence-corrected chi connectivity index (χ1v) is 6.75. The first-order valence-electron chi connectivity index (χ1n) is 6.75. The summed E-state index contributed by atoms with van der Waals surface area (Å²) >= 11 is 0. The van der Waals surface area contributed by atoms with Crippen molar-refractivity contribution in [3.63, 3.8) is 0 Å². The molecule has 1 amide bonds. The van der Waals surface area contributed by atoms with E-state index < -0.39 is 36.6 Å². The van der Waals surface area contributed by atoms with Crippen molar-refractivity contribution >= 4 is 12.1 Å². The van der Waals surface area contributed by atoms with Crippen LogP contribution < -0.4 is 5.32 Å². The van der Waals surface area contributed by atoms with Crippen molar-refractivity contribution in [3.05, 3.63) is 29.6 Å². The topological polar surface area (TPSA) is 77.5 Å². The van der Waals surface area contributed by atoms with Crippen LogP contribution in [0.4, 0.5) is 18.0 Å². The highest BCUT2D eigenvalue weighted by Gasteiger charge is 2.32. The second-order valence-corrected chi connectivity index (χ2v) is 4.96. The Bertz CT molecular complexity index is 544. The molecule has 1 aromatic heterocycles. The Kier molecular flexibility index (Phi) is 6.35. The third-order valence-corrected chi connectivity index (χ3v) is 2.60. The van der Waals surface area contributed by atoms with E-state index in [0.717, 1.165) is 12.3 Å². The van der Waals surface area contributed by atoms with Gasteiger partial charge in [-0.15, -0.1) is 0 Å². The van der Waals surface area contributed by atoms with Crippen LogP contribution >= 0.6 is 0 Å². The second-order valence-electron chi connectivity index (χ2n) is 4.96. The Morgan fingerprint density at radius 3 is 2.39 bits per heavy atom. The zero-order chi connectivity index (χ0) is 17.6. The van der Waals surface area contributed by atoms with E-state index in [1.807, 2.05) is 0 Å². The zero-order valence-corrected chi connectivity index (χ0v) is 12.8. The molecule has 23 heavy (non-hydrogen) atoms. The molecule has 1 heterocycles. The van der Waals surface area contributed by atoms with Gasteiger partial charge in [0.15, 0.2) is 6.61 Å². The van der Waals surface area contributed by atoms with E-state index in [1.54, 1.807) is 13.8 Å². The van der Waals surface area contributed by atoms with Crippen LogP contribution in [0.5, 0.6) is 0 Å². The summed E-state index contributed by atoms with van der Waals surface area (Å²) in [5.41, 5.74) is -0.660. The summed E-state index contributed by atoms with van der Waals surface area (Å²) in [4.78, 5) is 26.0. The molecule has 128 valence electrons. The highest BCUT2D eigenvalue weighted by atomic mass is 19.4. The molecule has 0 unspecified atom stereocenters. The van der Waals surface area contributed by atoms with Crippen LogP contribution in [-0.2, 0) is 20.4 Å². The fourth-order valence-electron chi connectivity index (χ4n) is 1.55. The first-order chi connectivity index (χ1) is 10.6. The Morgan fingerprint density at radius 2 is 1.91 bits per heavy atom.